The Morgan fingerprint density at radius 2 is 1.74 bits per heavy atom. The van der Waals surface area contributed by atoms with Crippen LogP contribution < -0.4 is 15.2 Å². The summed E-state index contributed by atoms with van der Waals surface area (Å²) in [5.41, 5.74) is 2.74. The normalized spacial score (nSPS) is 14.3. The summed E-state index contributed by atoms with van der Waals surface area (Å²) in [5.74, 6) is 1.58. The molecule has 1 saturated heterocycles. The van der Waals surface area contributed by atoms with Gasteiger partial charge in [-0.1, -0.05) is 39.3 Å². The van der Waals surface area contributed by atoms with E-state index in [1.165, 1.54) is 11.6 Å². The van der Waals surface area contributed by atoms with Gasteiger partial charge < -0.3 is 9.64 Å². The molecule has 4 rings (SSSR count). The van der Waals surface area contributed by atoms with Gasteiger partial charge in [0.15, 0.2) is 0 Å². The molecule has 0 amide bonds. The molecule has 1 aromatic carbocycles. The zero-order valence-electron chi connectivity index (χ0n) is 20.8. The highest BCUT2D eigenvalue weighted by Gasteiger charge is 2.22. The lowest BCUT2D eigenvalue weighted by atomic mass is 10.0. The van der Waals surface area contributed by atoms with E-state index in [9.17, 15) is 9.59 Å². The van der Waals surface area contributed by atoms with Crippen LogP contribution in [0.3, 0.4) is 0 Å². The topological polar surface area (TPSA) is 77.3 Å². The SMILES string of the molecule is CCCc1cnc(N2CCC(Oc3ccn(-c4ccc(CC(=O)C(C)C)cc4)c(=O)c3)CC2)nc1. The molecule has 0 atom stereocenters. The summed E-state index contributed by atoms with van der Waals surface area (Å²) in [7, 11) is 0. The first-order valence-electron chi connectivity index (χ1n) is 12.5. The molecule has 0 N–H and O–H groups in total. The van der Waals surface area contributed by atoms with Gasteiger partial charge in [-0.3, -0.25) is 14.2 Å². The Hall–Kier alpha value is -3.48. The lowest BCUT2D eigenvalue weighted by molar-refractivity contribution is -0.121. The minimum Gasteiger partial charge on any atom is -0.490 e. The highest BCUT2D eigenvalue weighted by molar-refractivity contribution is 5.82. The molecule has 0 unspecified atom stereocenters. The van der Waals surface area contributed by atoms with Gasteiger partial charge in [0.2, 0.25) is 5.95 Å². The Morgan fingerprint density at radius 3 is 2.34 bits per heavy atom. The number of anilines is 1. The summed E-state index contributed by atoms with van der Waals surface area (Å²) < 4.78 is 7.72. The second-order valence-electron chi connectivity index (χ2n) is 9.48. The monoisotopic (exact) mass is 474 g/mol. The second kappa shape index (κ2) is 11.3. The summed E-state index contributed by atoms with van der Waals surface area (Å²) >= 11 is 0. The molecule has 35 heavy (non-hydrogen) atoms. The molecular formula is C28H34N4O3. The minimum absolute atomic E-state index is 0.0162. The van der Waals surface area contributed by atoms with E-state index in [0.29, 0.717) is 12.2 Å². The number of rotatable bonds is 9. The molecule has 3 heterocycles. The van der Waals surface area contributed by atoms with Crippen molar-refractivity contribution in [1.82, 2.24) is 14.5 Å². The molecule has 7 heteroatoms. The van der Waals surface area contributed by atoms with Crippen LogP contribution in [0.25, 0.3) is 5.69 Å². The first-order valence-corrected chi connectivity index (χ1v) is 12.5. The number of pyridine rings is 1. The molecule has 0 spiro atoms. The highest BCUT2D eigenvalue weighted by Crippen LogP contribution is 2.21. The smallest absolute Gasteiger partial charge is 0.258 e. The zero-order chi connectivity index (χ0) is 24.8. The lowest BCUT2D eigenvalue weighted by Gasteiger charge is -2.32. The molecule has 0 aliphatic carbocycles. The molecule has 0 saturated carbocycles. The van der Waals surface area contributed by atoms with Crippen molar-refractivity contribution < 1.29 is 9.53 Å². The summed E-state index contributed by atoms with van der Waals surface area (Å²) in [5, 5.41) is 0. The second-order valence-corrected chi connectivity index (χ2v) is 9.48. The number of ether oxygens (including phenoxy) is 1. The Labute approximate surface area is 206 Å². The van der Waals surface area contributed by atoms with Gasteiger partial charge in [-0.25, -0.2) is 9.97 Å². The van der Waals surface area contributed by atoms with Crippen LogP contribution in [0.2, 0.25) is 0 Å². The number of piperidine rings is 1. The van der Waals surface area contributed by atoms with Gasteiger partial charge in [0.1, 0.15) is 17.6 Å². The summed E-state index contributed by atoms with van der Waals surface area (Å²) in [6.45, 7) is 7.60. The van der Waals surface area contributed by atoms with E-state index >= 15 is 0 Å². The van der Waals surface area contributed by atoms with Crippen LogP contribution >= 0.6 is 0 Å². The molecule has 1 aliphatic rings. The van der Waals surface area contributed by atoms with E-state index in [-0.39, 0.29) is 23.4 Å². The molecule has 7 nitrogen and oxygen atoms in total. The molecule has 3 aromatic rings. The number of benzene rings is 1. The van der Waals surface area contributed by atoms with Crippen molar-refractivity contribution in [3.05, 3.63) is 76.5 Å². The number of aryl methyl sites for hydroxylation is 1. The van der Waals surface area contributed by atoms with Crippen LogP contribution in [0, 0.1) is 5.92 Å². The van der Waals surface area contributed by atoms with E-state index in [4.69, 9.17) is 4.74 Å². The van der Waals surface area contributed by atoms with Crippen molar-refractivity contribution in [3.63, 3.8) is 0 Å². The largest absolute Gasteiger partial charge is 0.490 e. The first kappa shape index (κ1) is 24.6. The number of carbonyl (C=O) groups excluding carboxylic acids is 1. The van der Waals surface area contributed by atoms with Gasteiger partial charge in [-0.2, -0.15) is 0 Å². The molecule has 2 aromatic heterocycles. The van der Waals surface area contributed by atoms with Crippen molar-refractivity contribution in [2.45, 2.75) is 59.0 Å². The van der Waals surface area contributed by atoms with Crippen molar-refractivity contribution in [3.8, 4) is 11.4 Å². The number of hydrogen-bond acceptors (Lipinski definition) is 6. The third kappa shape index (κ3) is 6.35. The van der Waals surface area contributed by atoms with Crippen LogP contribution in [0.5, 0.6) is 5.75 Å². The number of nitrogens with zero attached hydrogens (tertiary/aromatic N) is 4. The highest BCUT2D eigenvalue weighted by atomic mass is 16.5. The molecule has 1 aliphatic heterocycles. The predicted molar refractivity (Wildman–Crippen MR) is 137 cm³/mol. The summed E-state index contributed by atoms with van der Waals surface area (Å²) in [6.07, 6.45) is 9.83. The van der Waals surface area contributed by atoms with Crippen molar-refractivity contribution in [1.29, 1.82) is 0 Å². The van der Waals surface area contributed by atoms with E-state index in [1.54, 1.807) is 10.8 Å². The van der Waals surface area contributed by atoms with Crippen molar-refractivity contribution >= 4 is 11.7 Å². The Kier molecular flexibility index (Phi) is 7.95. The average molecular weight is 475 g/mol. The van der Waals surface area contributed by atoms with E-state index in [1.807, 2.05) is 56.6 Å². The average Bonchev–Trinajstić information content (AvgIpc) is 2.86. The molecule has 1 fully saturated rings. The Balaban J connectivity index is 1.33. The maximum atomic E-state index is 12.7. The fourth-order valence-corrected chi connectivity index (χ4v) is 4.22. The van der Waals surface area contributed by atoms with Gasteiger partial charge in [0.05, 0.1) is 0 Å². The number of carbonyl (C=O) groups is 1. The van der Waals surface area contributed by atoms with Gasteiger partial charge in [-0.15, -0.1) is 0 Å². The van der Waals surface area contributed by atoms with E-state index in [2.05, 4.69) is 21.8 Å². The minimum atomic E-state index is -0.147. The Morgan fingerprint density at radius 1 is 1.06 bits per heavy atom. The van der Waals surface area contributed by atoms with Crippen LogP contribution in [0.15, 0.2) is 59.8 Å². The van der Waals surface area contributed by atoms with Gasteiger partial charge in [0, 0.05) is 68.6 Å². The maximum Gasteiger partial charge on any atom is 0.258 e. The number of Topliss-reactive ketones (excluding diaryl/α,β-unsaturated/α-hetero) is 1. The predicted octanol–water partition coefficient (Wildman–Crippen LogP) is 4.40. The quantitative estimate of drug-likeness (QED) is 0.458. The summed E-state index contributed by atoms with van der Waals surface area (Å²) in [6, 6.07) is 10.9. The molecular weight excluding hydrogens is 440 g/mol. The van der Waals surface area contributed by atoms with Crippen LogP contribution in [-0.2, 0) is 17.6 Å². The van der Waals surface area contributed by atoms with Crippen LogP contribution in [-0.4, -0.2) is 39.5 Å². The third-order valence-electron chi connectivity index (χ3n) is 6.39. The van der Waals surface area contributed by atoms with Gasteiger partial charge in [-0.05, 0) is 35.7 Å². The number of hydrogen-bond donors (Lipinski definition) is 0. The lowest BCUT2D eigenvalue weighted by Crippen LogP contribution is -2.39. The van der Waals surface area contributed by atoms with Crippen molar-refractivity contribution in [2.75, 3.05) is 18.0 Å². The zero-order valence-corrected chi connectivity index (χ0v) is 20.8. The number of aromatic nitrogens is 3. The van der Waals surface area contributed by atoms with Gasteiger partial charge in [0.25, 0.3) is 5.56 Å². The third-order valence-corrected chi connectivity index (χ3v) is 6.39. The molecule has 0 bridgehead atoms. The fraction of sp³-hybridized carbons (Fsp3) is 0.429. The van der Waals surface area contributed by atoms with Crippen molar-refractivity contribution in [2.24, 2.45) is 5.92 Å². The first-order chi connectivity index (χ1) is 16.9. The van der Waals surface area contributed by atoms with Gasteiger partial charge >= 0.3 is 0 Å². The standard InChI is InChI=1S/C28H34N4O3/c1-4-5-22-18-29-28(30-19-22)31-13-10-24(11-14-31)35-25-12-15-32(27(34)17-25)23-8-6-21(7-9-23)16-26(33)20(2)3/h6-9,12,15,17-20,24H,4-5,10-11,13-14,16H2,1-3H3. The Bertz CT molecular complexity index is 1180. The maximum absolute atomic E-state index is 12.7. The number of ketones is 1. The van der Waals surface area contributed by atoms with E-state index < -0.39 is 0 Å². The van der Waals surface area contributed by atoms with Crippen LogP contribution in [0.1, 0.15) is 51.2 Å². The van der Waals surface area contributed by atoms with Crippen LogP contribution in [0.4, 0.5) is 5.95 Å². The molecule has 184 valence electrons. The molecule has 0 radical (unpaired) electrons. The fourth-order valence-electron chi connectivity index (χ4n) is 4.22. The summed E-state index contributed by atoms with van der Waals surface area (Å²) in [4.78, 5) is 35.9. The van der Waals surface area contributed by atoms with E-state index in [0.717, 1.165) is 56.0 Å².